The first-order valence-electron chi connectivity index (χ1n) is 8.32. The van der Waals surface area contributed by atoms with Gasteiger partial charge >= 0.3 is 59.1 Å². The Balaban J connectivity index is 0.00000240. The molecule has 3 rings (SSSR count). The topological polar surface area (TPSA) is 139 Å². The Morgan fingerprint density at radius 3 is 2.42 bits per heavy atom. The second kappa shape index (κ2) is 11.2. The summed E-state index contributed by atoms with van der Waals surface area (Å²) in [5.74, 6) is -2.58. The molecule has 0 atom stereocenters. The first kappa shape index (κ1) is 28.0. The van der Waals surface area contributed by atoms with Gasteiger partial charge in [-0.1, -0.05) is 42.8 Å². The van der Waals surface area contributed by atoms with E-state index < -0.39 is 32.3 Å². The van der Waals surface area contributed by atoms with Gasteiger partial charge in [-0.15, -0.1) is 0 Å². The number of carboxylic acid groups (broad SMARTS) is 1. The largest absolute Gasteiger partial charge is 1.00 e. The molecule has 0 unspecified atom stereocenters. The molecule has 0 fully saturated rings. The minimum absolute atomic E-state index is 0. The normalized spacial score (nSPS) is 14.1. The van der Waals surface area contributed by atoms with Crippen LogP contribution in [0.15, 0.2) is 52.0 Å². The van der Waals surface area contributed by atoms with Crippen molar-refractivity contribution in [3.63, 3.8) is 0 Å². The van der Waals surface area contributed by atoms with Crippen LogP contribution in [0.4, 0.5) is 5.69 Å². The molecule has 1 N–H and O–H groups in total. The van der Waals surface area contributed by atoms with Crippen LogP contribution in [-0.4, -0.2) is 30.4 Å². The third-order valence-corrected chi connectivity index (χ3v) is 5.51. The summed E-state index contributed by atoms with van der Waals surface area (Å²) in [6, 6.07) is 8.77. The zero-order chi connectivity index (χ0) is 21.3. The molecule has 1 aliphatic rings. The smallest absolute Gasteiger partial charge is 0.744 e. The second-order valence-electron chi connectivity index (χ2n) is 6.08. The van der Waals surface area contributed by atoms with Gasteiger partial charge in [-0.2, -0.15) is 5.10 Å². The number of aliphatic carboxylic acids is 1. The Kier molecular flexibility index (Phi) is 10.1. The minimum Gasteiger partial charge on any atom is -0.744 e. The van der Waals surface area contributed by atoms with Crippen LogP contribution in [0.5, 0.6) is 0 Å². The first-order chi connectivity index (χ1) is 13.6. The van der Waals surface area contributed by atoms with Crippen molar-refractivity contribution >= 4 is 50.9 Å². The van der Waals surface area contributed by atoms with Gasteiger partial charge < -0.3 is 14.5 Å². The van der Waals surface area contributed by atoms with E-state index in [2.05, 4.69) is 10.5 Å². The number of nitrogens with zero attached hydrogens (tertiary/aromatic N) is 1. The van der Waals surface area contributed by atoms with Crippen molar-refractivity contribution in [3.05, 3.63) is 63.7 Å². The number of carbonyl (C=O) groups is 2. The molecule has 31 heavy (non-hydrogen) atoms. The minimum atomic E-state index is -4.90. The maximum absolute atomic E-state index is 12.5. The third kappa shape index (κ3) is 6.07. The standard InChI is InChI=1S/C19H15ClN2O6S.2Na/c1-2-10-8-15(16(9-14(10)20)29(26,27)28)21-22-17-12-6-4-3-5-11(12)7-13(18(17)23)19(24)25;;/h3-9,21H,2H2,1H3,(H,24,25)(H,26,27,28);;/q;2*+1/p-2/b22-17-;;. The summed E-state index contributed by atoms with van der Waals surface area (Å²) in [6.45, 7) is 1.78. The molecule has 8 nitrogen and oxygen atoms in total. The number of hydrogen-bond donors (Lipinski definition) is 1. The molecule has 0 spiro atoms. The molecule has 1 aliphatic carbocycles. The van der Waals surface area contributed by atoms with E-state index in [4.69, 9.17) is 11.6 Å². The summed E-state index contributed by atoms with van der Waals surface area (Å²) < 4.78 is 34.8. The molecule has 0 aliphatic heterocycles. The summed E-state index contributed by atoms with van der Waals surface area (Å²) in [5.41, 5.74) is 2.70. The predicted octanol–water partition coefficient (Wildman–Crippen LogP) is -4.65. The molecular weight excluding hydrogens is 466 g/mol. The summed E-state index contributed by atoms with van der Waals surface area (Å²) in [5, 5.41) is 15.3. The molecule has 0 bridgehead atoms. The fraction of sp³-hybridized carbons (Fsp3) is 0.105. The molecular formula is C19H13ClN2Na2O6S. The summed E-state index contributed by atoms with van der Waals surface area (Å²) >= 11 is 6.00. The predicted molar refractivity (Wildman–Crippen MR) is 103 cm³/mol. The van der Waals surface area contributed by atoms with Gasteiger partial charge in [-0.25, -0.2) is 8.42 Å². The van der Waals surface area contributed by atoms with Crippen LogP contribution in [-0.2, 0) is 26.1 Å². The van der Waals surface area contributed by atoms with E-state index in [1.165, 1.54) is 12.1 Å². The van der Waals surface area contributed by atoms with Gasteiger partial charge in [-0.05, 0) is 35.8 Å². The van der Waals surface area contributed by atoms with E-state index in [0.717, 1.165) is 6.07 Å². The SMILES string of the molecule is CCc1cc(N/N=C2\C(=O)C(C(=O)[O-])=Cc3ccccc32)c(S(=O)(=O)[O-])cc1Cl.[Na+].[Na+]. The molecule has 150 valence electrons. The average molecular weight is 479 g/mol. The van der Waals surface area contributed by atoms with Gasteiger partial charge in [0.1, 0.15) is 15.8 Å². The number of nitrogens with one attached hydrogen (secondary N) is 1. The summed E-state index contributed by atoms with van der Waals surface area (Å²) in [6.07, 6.45) is 1.62. The molecule has 12 heteroatoms. The van der Waals surface area contributed by atoms with E-state index in [-0.39, 0.29) is 75.5 Å². The summed E-state index contributed by atoms with van der Waals surface area (Å²) in [4.78, 5) is 23.2. The van der Waals surface area contributed by atoms with Gasteiger partial charge in [0, 0.05) is 16.2 Å². The van der Waals surface area contributed by atoms with Crippen molar-refractivity contribution < 1.29 is 86.8 Å². The zero-order valence-electron chi connectivity index (χ0n) is 16.9. The van der Waals surface area contributed by atoms with Crippen molar-refractivity contribution in [2.24, 2.45) is 5.10 Å². The van der Waals surface area contributed by atoms with Gasteiger partial charge in [-0.3, -0.25) is 10.2 Å². The average Bonchev–Trinajstić information content (AvgIpc) is 2.66. The molecule has 0 aromatic heterocycles. The number of rotatable bonds is 5. The van der Waals surface area contributed by atoms with E-state index >= 15 is 0 Å². The maximum atomic E-state index is 12.5. The fourth-order valence-corrected chi connectivity index (χ4v) is 3.85. The molecule has 0 amide bonds. The van der Waals surface area contributed by atoms with Crippen LogP contribution in [0.25, 0.3) is 6.08 Å². The van der Waals surface area contributed by atoms with E-state index in [0.29, 0.717) is 23.1 Å². The van der Waals surface area contributed by atoms with Gasteiger partial charge in [0.15, 0.2) is 0 Å². The number of hydrogen-bond acceptors (Lipinski definition) is 8. The van der Waals surface area contributed by atoms with Crippen LogP contribution in [0.3, 0.4) is 0 Å². The van der Waals surface area contributed by atoms with Crippen LogP contribution >= 0.6 is 11.6 Å². The number of ketones is 1. The fourth-order valence-electron chi connectivity index (χ4n) is 2.85. The van der Waals surface area contributed by atoms with E-state index in [1.54, 1.807) is 31.2 Å². The van der Waals surface area contributed by atoms with Crippen LogP contribution in [0.1, 0.15) is 23.6 Å². The molecule has 0 heterocycles. The van der Waals surface area contributed by atoms with Crippen LogP contribution < -0.4 is 69.6 Å². The van der Waals surface area contributed by atoms with Gasteiger partial charge in [0.05, 0.1) is 16.6 Å². The van der Waals surface area contributed by atoms with Crippen LogP contribution in [0.2, 0.25) is 5.02 Å². The van der Waals surface area contributed by atoms with E-state index in [9.17, 15) is 27.7 Å². The van der Waals surface area contributed by atoms with Gasteiger partial charge in [0.2, 0.25) is 5.78 Å². The zero-order valence-corrected chi connectivity index (χ0v) is 22.5. The van der Waals surface area contributed by atoms with Crippen LogP contribution in [0, 0.1) is 0 Å². The van der Waals surface area contributed by atoms with Crippen molar-refractivity contribution in [2.45, 2.75) is 18.2 Å². The van der Waals surface area contributed by atoms with Crippen molar-refractivity contribution in [1.82, 2.24) is 0 Å². The quantitative estimate of drug-likeness (QED) is 0.197. The van der Waals surface area contributed by atoms with Crippen molar-refractivity contribution in [3.8, 4) is 0 Å². The first-order valence-corrected chi connectivity index (χ1v) is 10.1. The summed E-state index contributed by atoms with van der Waals surface area (Å²) in [7, 11) is -4.90. The Labute approximate surface area is 228 Å². The molecule has 2 aromatic carbocycles. The maximum Gasteiger partial charge on any atom is 1.00 e. The number of Topliss-reactive ketones (excluding diaryl/α,β-unsaturated/α-hetero) is 1. The number of hydrazone groups is 1. The number of carboxylic acids is 1. The Bertz CT molecular complexity index is 1210. The Morgan fingerprint density at radius 2 is 1.84 bits per heavy atom. The number of benzene rings is 2. The molecule has 0 saturated heterocycles. The molecule has 2 aromatic rings. The molecule has 0 saturated carbocycles. The Morgan fingerprint density at radius 1 is 1.19 bits per heavy atom. The van der Waals surface area contributed by atoms with Gasteiger partial charge in [0.25, 0.3) is 0 Å². The number of aryl methyl sites for hydroxylation is 1. The second-order valence-corrected chi connectivity index (χ2v) is 7.84. The number of anilines is 1. The van der Waals surface area contributed by atoms with Crippen molar-refractivity contribution in [2.75, 3.05) is 5.43 Å². The number of halogens is 1. The Hall–Kier alpha value is -1.01. The number of carbonyl (C=O) groups excluding carboxylic acids is 2. The third-order valence-electron chi connectivity index (χ3n) is 4.28. The van der Waals surface area contributed by atoms with Crippen molar-refractivity contribution in [1.29, 1.82) is 0 Å². The van der Waals surface area contributed by atoms with E-state index in [1.807, 2.05) is 0 Å². The monoisotopic (exact) mass is 478 g/mol. The molecule has 0 radical (unpaired) electrons. The number of fused-ring (bicyclic) bond motifs is 1.